The van der Waals surface area contributed by atoms with Crippen molar-refractivity contribution in [1.29, 1.82) is 0 Å². The Morgan fingerprint density at radius 1 is 1.13 bits per heavy atom. The first-order chi connectivity index (χ1) is 10.9. The number of amides is 1. The van der Waals surface area contributed by atoms with Gasteiger partial charge >= 0.3 is 0 Å². The van der Waals surface area contributed by atoms with Crippen molar-refractivity contribution in [3.63, 3.8) is 0 Å². The first-order valence-corrected chi connectivity index (χ1v) is 7.08. The van der Waals surface area contributed by atoms with Crippen molar-refractivity contribution in [3.8, 4) is 0 Å². The van der Waals surface area contributed by atoms with E-state index in [1.807, 2.05) is 0 Å². The monoisotopic (exact) mass is 322 g/mol. The molecule has 0 aromatic heterocycles. The number of carbonyl (C=O) groups is 1. The fourth-order valence-electron chi connectivity index (χ4n) is 2.19. The predicted molar refractivity (Wildman–Crippen MR) is 82.4 cm³/mol. The summed E-state index contributed by atoms with van der Waals surface area (Å²) in [7, 11) is 1.61. The average molecular weight is 322 g/mol. The number of benzene rings is 2. The largest absolute Gasteiger partial charge is 0.322 e. The van der Waals surface area contributed by atoms with Gasteiger partial charge in [-0.05, 0) is 44.3 Å². The van der Waals surface area contributed by atoms with Gasteiger partial charge in [-0.15, -0.1) is 0 Å². The molecule has 0 spiro atoms. The number of para-hydroxylation sites is 1. The van der Waals surface area contributed by atoms with Crippen LogP contribution in [-0.2, 0) is 4.79 Å². The van der Waals surface area contributed by atoms with Crippen LogP contribution in [-0.4, -0.2) is 24.4 Å². The molecule has 1 N–H and O–H groups in total. The van der Waals surface area contributed by atoms with Crippen molar-refractivity contribution in [2.24, 2.45) is 0 Å². The summed E-state index contributed by atoms with van der Waals surface area (Å²) in [6.45, 7) is 1.57. The summed E-state index contributed by atoms with van der Waals surface area (Å²) in [6, 6.07) is 8.49. The average Bonchev–Trinajstić information content (AvgIpc) is 2.51. The summed E-state index contributed by atoms with van der Waals surface area (Å²) < 4.78 is 40.5. The highest BCUT2D eigenvalue weighted by molar-refractivity contribution is 5.92. The van der Waals surface area contributed by atoms with Crippen molar-refractivity contribution in [2.45, 2.75) is 13.0 Å². The summed E-state index contributed by atoms with van der Waals surface area (Å²) in [5, 5.41) is 2.45. The van der Waals surface area contributed by atoms with E-state index >= 15 is 0 Å². The Labute approximate surface area is 132 Å². The van der Waals surface area contributed by atoms with Crippen LogP contribution in [0.2, 0.25) is 0 Å². The van der Waals surface area contributed by atoms with Crippen LogP contribution in [0.15, 0.2) is 42.5 Å². The molecule has 1 atom stereocenters. The lowest BCUT2D eigenvalue weighted by atomic mass is 10.1. The predicted octanol–water partition coefficient (Wildman–Crippen LogP) is 3.74. The minimum Gasteiger partial charge on any atom is -0.322 e. The van der Waals surface area contributed by atoms with Gasteiger partial charge in [0.1, 0.15) is 17.5 Å². The van der Waals surface area contributed by atoms with Gasteiger partial charge in [0.05, 0.1) is 12.2 Å². The first-order valence-electron chi connectivity index (χ1n) is 7.08. The molecule has 0 aliphatic carbocycles. The second-order valence-electron chi connectivity index (χ2n) is 5.28. The van der Waals surface area contributed by atoms with Crippen LogP contribution >= 0.6 is 0 Å². The zero-order valence-corrected chi connectivity index (χ0v) is 12.8. The van der Waals surface area contributed by atoms with Crippen molar-refractivity contribution >= 4 is 11.6 Å². The zero-order valence-electron chi connectivity index (χ0n) is 12.8. The molecule has 0 saturated carbocycles. The van der Waals surface area contributed by atoms with E-state index in [0.29, 0.717) is 0 Å². The molecule has 0 bridgehead atoms. The van der Waals surface area contributed by atoms with Gasteiger partial charge in [-0.2, -0.15) is 0 Å². The molecule has 1 amide bonds. The molecule has 0 heterocycles. The minimum atomic E-state index is -0.544. The zero-order chi connectivity index (χ0) is 17.0. The fraction of sp³-hybridized carbons (Fsp3) is 0.235. The van der Waals surface area contributed by atoms with E-state index in [-0.39, 0.29) is 17.8 Å². The minimum absolute atomic E-state index is 0.0792. The van der Waals surface area contributed by atoms with Gasteiger partial charge in [-0.3, -0.25) is 9.69 Å². The standard InChI is InChI=1S/C17H17F3N2O/c1-11(13-9-12(18)7-8-14(13)19)22(2)10-17(23)21-16-6-4-3-5-15(16)20/h3-9,11H,10H2,1-2H3,(H,21,23). The van der Waals surface area contributed by atoms with E-state index in [2.05, 4.69) is 5.32 Å². The van der Waals surface area contributed by atoms with Gasteiger partial charge in [0, 0.05) is 11.6 Å². The molecule has 0 radical (unpaired) electrons. The third-order valence-corrected chi connectivity index (χ3v) is 3.61. The molecular formula is C17H17F3N2O. The Morgan fingerprint density at radius 3 is 2.52 bits per heavy atom. The topological polar surface area (TPSA) is 32.3 Å². The van der Waals surface area contributed by atoms with Crippen LogP contribution in [0.5, 0.6) is 0 Å². The van der Waals surface area contributed by atoms with E-state index in [1.165, 1.54) is 18.2 Å². The Morgan fingerprint density at radius 2 is 1.83 bits per heavy atom. The van der Waals surface area contributed by atoms with E-state index in [4.69, 9.17) is 0 Å². The summed E-state index contributed by atoms with van der Waals surface area (Å²) >= 11 is 0. The molecule has 2 rings (SSSR count). The Hall–Kier alpha value is -2.34. The SMILES string of the molecule is CC(c1cc(F)ccc1F)N(C)CC(=O)Nc1ccccc1F. The van der Waals surface area contributed by atoms with Crippen LogP contribution in [0, 0.1) is 17.5 Å². The molecule has 3 nitrogen and oxygen atoms in total. The quantitative estimate of drug-likeness (QED) is 0.909. The van der Waals surface area contributed by atoms with Crippen LogP contribution in [0.25, 0.3) is 0 Å². The second-order valence-corrected chi connectivity index (χ2v) is 5.28. The highest BCUT2D eigenvalue weighted by Crippen LogP contribution is 2.22. The summed E-state index contributed by atoms with van der Waals surface area (Å²) in [5.41, 5.74) is 0.238. The number of likely N-dealkylation sites (N-methyl/N-ethyl adjacent to an activating group) is 1. The lowest BCUT2D eigenvalue weighted by molar-refractivity contribution is -0.117. The molecule has 1 unspecified atom stereocenters. The third-order valence-electron chi connectivity index (χ3n) is 3.61. The van der Waals surface area contributed by atoms with Crippen molar-refractivity contribution in [2.75, 3.05) is 18.9 Å². The number of nitrogens with zero attached hydrogens (tertiary/aromatic N) is 1. The van der Waals surface area contributed by atoms with Crippen molar-refractivity contribution < 1.29 is 18.0 Å². The number of anilines is 1. The number of carbonyl (C=O) groups excluding carboxylic acids is 1. The maximum absolute atomic E-state index is 13.8. The van der Waals surface area contributed by atoms with E-state index in [9.17, 15) is 18.0 Å². The van der Waals surface area contributed by atoms with Crippen LogP contribution < -0.4 is 5.32 Å². The lowest BCUT2D eigenvalue weighted by Crippen LogP contribution is -2.32. The molecular weight excluding hydrogens is 305 g/mol. The van der Waals surface area contributed by atoms with Gasteiger partial charge in [-0.25, -0.2) is 13.2 Å². The maximum atomic E-state index is 13.8. The van der Waals surface area contributed by atoms with Crippen molar-refractivity contribution in [3.05, 3.63) is 65.5 Å². The molecule has 0 saturated heterocycles. The summed E-state index contributed by atoms with van der Waals surface area (Å²) in [4.78, 5) is 13.5. The maximum Gasteiger partial charge on any atom is 0.238 e. The van der Waals surface area contributed by atoms with Gasteiger partial charge in [-0.1, -0.05) is 12.1 Å². The smallest absolute Gasteiger partial charge is 0.238 e. The Kier molecular flexibility index (Phi) is 5.39. The lowest BCUT2D eigenvalue weighted by Gasteiger charge is -2.25. The molecule has 0 aliphatic heterocycles. The first kappa shape index (κ1) is 17.0. The normalized spacial score (nSPS) is 12.3. The Balaban J connectivity index is 2.03. The summed E-state index contributed by atoms with van der Waals surface area (Å²) in [5.74, 6) is -2.06. The van der Waals surface area contributed by atoms with E-state index in [1.54, 1.807) is 24.9 Å². The highest BCUT2D eigenvalue weighted by atomic mass is 19.1. The highest BCUT2D eigenvalue weighted by Gasteiger charge is 2.19. The number of rotatable bonds is 5. The van der Waals surface area contributed by atoms with E-state index < -0.39 is 29.4 Å². The number of hydrogen-bond donors (Lipinski definition) is 1. The molecule has 6 heteroatoms. The number of nitrogens with one attached hydrogen (secondary N) is 1. The third kappa shape index (κ3) is 4.32. The molecule has 122 valence electrons. The molecule has 2 aromatic rings. The van der Waals surface area contributed by atoms with Gasteiger partial charge in [0.15, 0.2) is 0 Å². The van der Waals surface area contributed by atoms with Crippen LogP contribution in [0.3, 0.4) is 0 Å². The molecule has 2 aromatic carbocycles. The molecule has 23 heavy (non-hydrogen) atoms. The number of hydrogen-bond acceptors (Lipinski definition) is 2. The molecule has 0 fully saturated rings. The Bertz CT molecular complexity index is 706. The summed E-state index contributed by atoms with van der Waals surface area (Å²) in [6.07, 6.45) is 0. The second kappa shape index (κ2) is 7.28. The van der Waals surface area contributed by atoms with Crippen molar-refractivity contribution in [1.82, 2.24) is 4.90 Å². The molecule has 0 aliphatic rings. The van der Waals surface area contributed by atoms with Gasteiger partial charge in [0.25, 0.3) is 0 Å². The van der Waals surface area contributed by atoms with Crippen LogP contribution in [0.1, 0.15) is 18.5 Å². The fourth-order valence-corrected chi connectivity index (χ4v) is 2.19. The number of halogens is 3. The van der Waals surface area contributed by atoms with Crippen LogP contribution in [0.4, 0.5) is 18.9 Å². The van der Waals surface area contributed by atoms with Gasteiger partial charge < -0.3 is 5.32 Å². The van der Waals surface area contributed by atoms with E-state index in [0.717, 1.165) is 18.2 Å². The van der Waals surface area contributed by atoms with Gasteiger partial charge in [0.2, 0.25) is 5.91 Å².